The van der Waals surface area contributed by atoms with Gasteiger partial charge in [-0.2, -0.15) is 0 Å². The van der Waals surface area contributed by atoms with Gasteiger partial charge in [-0.1, -0.05) is 372 Å². The van der Waals surface area contributed by atoms with Gasteiger partial charge in [0.05, 0.1) is 11.0 Å². The highest BCUT2D eigenvalue weighted by molar-refractivity contribution is 6.09. The topological polar surface area (TPSA) is 46.8 Å². The normalized spacial score (nSPS) is 10.6. The van der Waals surface area contributed by atoms with Crippen LogP contribution in [0, 0.1) is 0 Å². The van der Waals surface area contributed by atoms with E-state index in [1.165, 1.54) is 60.9 Å². The number of rotatable bonds is 17. The van der Waals surface area contributed by atoms with Crippen molar-refractivity contribution in [2.75, 3.05) is 4.90 Å². The van der Waals surface area contributed by atoms with Crippen molar-refractivity contribution in [3.05, 3.63) is 467 Å². The van der Waals surface area contributed by atoms with E-state index in [-0.39, 0.29) is 0 Å². The lowest BCUT2D eigenvalue weighted by Gasteiger charge is -2.25. The number of hydrogen-bond acceptors (Lipinski definition) is 4. The summed E-state index contributed by atoms with van der Waals surface area (Å²) in [5.74, 6) is 1.90. The predicted molar refractivity (Wildman–Crippen MR) is 477 cm³/mol. The van der Waals surface area contributed by atoms with Gasteiger partial charge in [-0.15, -0.1) is 0 Å². The third-order valence-corrected chi connectivity index (χ3v) is 19.7. The summed E-state index contributed by atoms with van der Waals surface area (Å²) in [6.45, 7) is 15.3. The van der Waals surface area contributed by atoms with Crippen LogP contribution in [-0.2, 0) is 0 Å². The smallest absolute Gasteiger partial charge is 0.164 e. The second-order valence-electron chi connectivity index (χ2n) is 26.9. The van der Waals surface area contributed by atoms with Crippen LogP contribution in [0.15, 0.2) is 445 Å². The summed E-state index contributed by atoms with van der Waals surface area (Å²) in [6.07, 6.45) is 7.46. The zero-order valence-electron chi connectivity index (χ0n) is 62.2. The van der Waals surface area contributed by atoms with Gasteiger partial charge in [-0.05, 0) is 186 Å². The van der Waals surface area contributed by atoms with Crippen molar-refractivity contribution in [2.24, 2.45) is 0 Å². The predicted octanol–water partition coefficient (Wildman–Crippen LogP) is 29.1. The summed E-state index contributed by atoms with van der Waals surface area (Å²) in [4.78, 5) is 17.4. The largest absolute Gasteiger partial charge is 0.311 e. The fraction of sp³-hybridized carbons (Fsp3) is 0. The highest BCUT2D eigenvalue weighted by Gasteiger charge is 2.17. The molecule has 0 saturated heterocycles. The molecule has 0 aliphatic carbocycles. The highest BCUT2D eigenvalue weighted by Crippen LogP contribution is 2.38. The van der Waals surface area contributed by atoms with E-state index in [4.69, 9.17) is 15.0 Å². The first-order chi connectivity index (χ1) is 55.3. The Hall–Kier alpha value is -14.9. The summed E-state index contributed by atoms with van der Waals surface area (Å²) in [7, 11) is 0. The first kappa shape index (κ1) is 72.6. The number of anilines is 3. The zero-order valence-corrected chi connectivity index (χ0v) is 62.2. The van der Waals surface area contributed by atoms with E-state index >= 15 is 0 Å². The summed E-state index contributed by atoms with van der Waals surface area (Å²) in [5, 5.41) is 2.58. The SMILES string of the molecule is C=Cc1ccc(-c2cc(-c3ccccc3)cc(-c3ccccc3)c2)cc1.C=Cc1ccc(-c2cccc(-c3nc(-c4cccc(-c5ccccc5)c4)nc(-c4cccc(-c5ccccc5)c4)n3)c2)cc1.C=Cc1ccc(-n2c3ccccc3c3ccccc32)cc1.C=Cc1ccc(N(c2ccccc2)c2ccccc2)cc1. The number of nitrogens with zero attached hydrogens (tertiary/aromatic N) is 5. The van der Waals surface area contributed by atoms with Crippen molar-refractivity contribution in [1.29, 1.82) is 0 Å². The molecule has 534 valence electrons. The molecule has 0 spiro atoms. The van der Waals surface area contributed by atoms with Crippen LogP contribution in [0.5, 0.6) is 0 Å². The fourth-order valence-electron chi connectivity index (χ4n) is 13.9. The van der Waals surface area contributed by atoms with Crippen LogP contribution in [0.25, 0.3) is 153 Å². The first-order valence-corrected chi connectivity index (χ1v) is 37.6. The maximum absolute atomic E-state index is 5.04. The van der Waals surface area contributed by atoms with Gasteiger partial charge < -0.3 is 9.47 Å². The third kappa shape index (κ3) is 17.2. The zero-order chi connectivity index (χ0) is 76.2. The second kappa shape index (κ2) is 35.2. The van der Waals surface area contributed by atoms with Gasteiger partial charge in [0.1, 0.15) is 0 Å². The highest BCUT2D eigenvalue weighted by atomic mass is 15.1. The molecular formula is C107H81N5. The Morgan fingerprint density at radius 3 is 0.759 bits per heavy atom. The Labute approximate surface area is 657 Å². The van der Waals surface area contributed by atoms with E-state index < -0.39 is 0 Å². The van der Waals surface area contributed by atoms with Gasteiger partial charge >= 0.3 is 0 Å². The Morgan fingerprint density at radius 1 is 0.196 bits per heavy atom. The summed E-state index contributed by atoms with van der Waals surface area (Å²) in [5.41, 5.74) is 28.5. The van der Waals surface area contributed by atoms with Crippen molar-refractivity contribution in [1.82, 2.24) is 19.5 Å². The van der Waals surface area contributed by atoms with Crippen molar-refractivity contribution < 1.29 is 0 Å². The van der Waals surface area contributed by atoms with Crippen LogP contribution in [-0.4, -0.2) is 19.5 Å². The molecule has 5 nitrogen and oxygen atoms in total. The van der Waals surface area contributed by atoms with E-state index in [0.29, 0.717) is 17.5 Å². The van der Waals surface area contributed by atoms with Crippen molar-refractivity contribution in [2.45, 2.75) is 0 Å². The quantitative estimate of drug-likeness (QED) is 0.0911. The van der Waals surface area contributed by atoms with Gasteiger partial charge in [-0.25, -0.2) is 15.0 Å². The second-order valence-corrected chi connectivity index (χ2v) is 26.9. The van der Waals surface area contributed by atoms with Crippen LogP contribution in [0.3, 0.4) is 0 Å². The average Bonchev–Trinajstić information content (AvgIpc) is 1.60. The van der Waals surface area contributed by atoms with Gasteiger partial charge in [0.25, 0.3) is 0 Å². The lowest BCUT2D eigenvalue weighted by Crippen LogP contribution is -2.09. The van der Waals surface area contributed by atoms with Gasteiger partial charge in [-0.3, -0.25) is 0 Å². The lowest BCUT2D eigenvalue weighted by molar-refractivity contribution is 1.07. The molecule has 2 heterocycles. The maximum atomic E-state index is 5.04. The van der Waals surface area contributed by atoms with E-state index in [1.807, 2.05) is 48.6 Å². The van der Waals surface area contributed by atoms with Gasteiger partial charge in [0, 0.05) is 50.2 Å². The fourth-order valence-corrected chi connectivity index (χ4v) is 13.9. The average molecular weight is 1440 g/mol. The Morgan fingerprint density at radius 2 is 0.429 bits per heavy atom. The molecule has 0 amide bonds. The Kier molecular flexibility index (Phi) is 22.8. The Bertz CT molecular complexity index is 5950. The minimum atomic E-state index is 0.629. The van der Waals surface area contributed by atoms with E-state index in [1.54, 1.807) is 0 Å². The molecule has 18 aromatic rings. The van der Waals surface area contributed by atoms with E-state index in [9.17, 15) is 0 Å². The molecule has 0 unspecified atom stereocenters. The van der Waals surface area contributed by atoms with Gasteiger partial charge in [0.2, 0.25) is 0 Å². The van der Waals surface area contributed by atoms with Crippen LogP contribution >= 0.6 is 0 Å². The number of hydrogen-bond donors (Lipinski definition) is 0. The molecular weight excluding hydrogens is 1360 g/mol. The monoisotopic (exact) mass is 1440 g/mol. The number of para-hydroxylation sites is 4. The molecule has 0 saturated carbocycles. The molecule has 0 atom stereocenters. The maximum Gasteiger partial charge on any atom is 0.164 e. The van der Waals surface area contributed by atoms with Crippen LogP contribution in [0.4, 0.5) is 17.1 Å². The minimum absolute atomic E-state index is 0.629. The van der Waals surface area contributed by atoms with Crippen molar-refractivity contribution in [3.8, 4) is 107 Å². The standard InChI is InChI=1S/C41H29N3.C26H20.C20H15N.C20H17N/c1-2-29-22-24-32(25-23-29)35-18-11-21-38(28-35)41-43-39(36-19-9-16-33(26-36)30-12-5-3-6-13-30)42-40(44-41)37-20-10-17-34(27-37)31-14-7-4-8-15-31;1-2-20-13-15-23(16-14-20)26-18-24(21-9-5-3-6-10-21)17-25(19-26)22-11-7-4-8-12-22;1-2-15-11-13-16(14-12-15)21-19-9-5-3-7-17(19)18-8-4-6-10-20(18)21;1-2-17-13-15-20(16-14-17)21(18-9-5-3-6-10-18)19-11-7-4-8-12-19/h2-28H,1H2;2-19H,1H2;2-14H,1H2;2-16H,1H2. The number of benzene rings is 16. The number of aromatic nitrogens is 4. The molecule has 0 aliphatic rings. The molecule has 18 rings (SSSR count). The van der Waals surface area contributed by atoms with Crippen LogP contribution in [0.1, 0.15) is 22.3 Å². The van der Waals surface area contributed by atoms with Crippen molar-refractivity contribution >= 4 is 63.2 Å². The number of fused-ring (bicyclic) bond motifs is 3. The summed E-state index contributed by atoms with van der Waals surface area (Å²) >= 11 is 0. The molecule has 0 fully saturated rings. The lowest BCUT2D eigenvalue weighted by atomic mass is 9.93. The molecule has 112 heavy (non-hydrogen) atoms. The molecule has 16 aromatic carbocycles. The van der Waals surface area contributed by atoms with E-state index in [2.05, 4.69) is 430 Å². The molecule has 2 aromatic heterocycles. The molecule has 0 radical (unpaired) electrons. The van der Waals surface area contributed by atoms with E-state index in [0.717, 1.165) is 89.4 Å². The summed E-state index contributed by atoms with van der Waals surface area (Å²) < 4.78 is 2.32. The van der Waals surface area contributed by atoms with Crippen LogP contribution < -0.4 is 4.90 Å². The van der Waals surface area contributed by atoms with Gasteiger partial charge in [0.15, 0.2) is 17.5 Å². The molecule has 5 heteroatoms. The molecule has 0 N–H and O–H groups in total. The molecule has 0 bridgehead atoms. The van der Waals surface area contributed by atoms with Crippen LogP contribution in [0.2, 0.25) is 0 Å². The minimum Gasteiger partial charge on any atom is -0.311 e. The summed E-state index contributed by atoms with van der Waals surface area (Å²) in [6, 6.07) is 146. The van der Waals surface area contributed by atoms with Crippen molar-refractivity contribution in [3.63, 3.8) is 0 Å². The third-order valence-electron chi connectivity index (χ3n) is 19.7. The molecule has 0 aliphatic heterocycles. The Balaban J connectivity index is 0.000000125. The first-order valence-electron chi connectivity index (χ1n) is 37.6.